The van der Waals surface area contributed by atoms with Crippen molar-refractivity contribution in [2.75, 3.05) is 25.5 Å². The number of halogens is 2. The maximum atomic E-state index is 5.61. The van der Waals surface area contributed by atoms with Crippen molar-refractivity contribution in [3.63, 3.8) is 0 Å². The van der Waals surface area contributed by atoms with Crippen molar-refractivity contribution in [1.82, 2.24) is 4.90 Å². The van der Waals surface area contributed by atoms with Crippen molar-refractivity contribution < 1.29 is 0 Å². The summed E-state index contributed by atoms with van der Waals surface area (Å²) in [4.78, 5) is 2.39. The zero-order valence-electron chi connectivity index (χ0n) is 7.48. The molecule has 0 aliphatic rings. The third kappa shape index (κ3) is 8.45. The van der Waals surface area contributed by atoms with Crippen molar-refractivity contribution in [2.45, 2.75) is 26.7 Å². The number of alkyl halides is 1. The average molecular weight is 200 g/mol. The van der Waals surface area contributed by atoms with Gasteiger partial charge in [-0.2, -0.15) is 0 Å². The van der Waals surface area contributed by atoms with Crippen LogP contribution < -0.4 is 0 Å². The molecule has 0 fully saturated rings. The van der Waals surface area contributed by atoms with Gasteiger partial charge in [0.25, 0.3) is 0 Å². The summed E-state index contributed by atoms with van der Waals surface area (Å²) in [5.74, 6) is 0.761. The molecule has 0 aliphatic heterocycles. The summed E-state index contributed by atoms with van der Waals surface area (Å²) < 4.78 is 0. The Balaban J connectivity index is 0. The van der Waals surface area contributed by atoms with E-state index in [0.717, 1.165) is 19.0 Å². The van der Waals surface area contributed by atoms with Gasteiger partial charge in [0.1, 0.15) is 0 Å². The fraction of sp³-hybridized carbons (Fsp3) is 1.00. The molecule has 0 aromatic rings. The van der Waals surface area contributed by atoms with Crippen molar-refractivity contribution in [3.8, 4) is 0 Å². The lowest BCUT2D eigenvalue weighted by atomic mass is 10.3. The molecule has 70 valence electrons. The number of nitrogens with zero attached hydrogens (tertiary/aromatic N) is 1. The smallest absolute Gasteiger partial charge is 0.0351 e. The predicted octanol–water partition coefficient (Wildman–Crippen LogP) is 2.77. The van der Waals surface area contributed by atoms with E-state index in [9.17, 15) is 0 Å². The van der Waals surface area contributed by atoms with Crippen LogP contribution in [0.25, 0.3) is 0 Å². The highest BCUT2D eigenvalue weighted by Crippen LogP contribution is 1.94. The summed E-state index contributed by atoms with van der Waals surface area (Å²) in [6.07, 6.45) is 2.57. The van der Waals surface area contributed by atoms with Gasteiger partial charge in [-0.3, -0.25) is 0 Å². The molecule has 0 spiro atoms. The van der Waals surface area contributed by atoms with Gasteiger partial charge in [0.05, 0.1) is 0 Å². The average Bonchev–Trinajstić information content (AvgIpc) is 1.98. The Morgan fingerprint density at radius 1 is 1.18 bits per heavy atom. The van der Waals surface area contributed by atoms with Crippen LogP contribution in [0.1, 0.15) is 26.7 Å². The van der Waals surface area contributed by atoms with Crippen LogP contribution in [0.5, 0.6) is 0 Å². The van der Waals surface area contributed by atoms with Gasteiger partial charge in [-0.1, -0.05) is 20.3 Å². The van der Waals surface area contributed by atoms with Gasteiger partial charge in [0.2, 0.25) is 0 Å². The first-order valence-corrected chi connectivity index (χ1v) is 4.66. The minimum atomic E-state index is 0. The summed E-state index contributed by atoms with van der Waals surface area (Å²) >= 11 is 5.61. The zero-order chi connectivity index (χ0) is 7.82. The highest BCUT2D eigenvalue weighted by atomic mass is 35.5. The fourth-order valence-electron chi connectivity index (χ4n) is 0.929. The molecule has 0 aliphatic carbocycles. The van der Waals surface area contributed by atoms with E-state index < -0.39 is 0 Å². The molecule has 0 saturated carbocycles. The van der Waals surface area contributed by atoms with Crippen LogP contribution in [0.2, 0.25) is 0 Å². The van der Waals surface area contributed by atoms with Crippen molar-refractivity contribution in [2.24, 2.45) is 0 Å². The molecule has 0 unspecified atom stereocenters. The van der Waals surface area contributed by atoms with E-state index in [1.165, 1.54) is 19.4 Å². The molecule has 0 amide bonds. The Hall–Kier alpha value is 0.540. The normalized spacial score (nSPS) is 9.82. The summed E-state index contributed by atoms with van der Waals surface area (Å²) in [6.45, 7) is 7.78. The lowest BCUT2D eigenvalue weighted by molar-refractivity contribution is 0.300. The molecule has 0 rings (SSSR count). The number of hydrogen-bond donors (Lipinski definition) is 0. The lowest BCUT2D eigenvalue weighted by Gasteiger charge is -2.17. The molecule has 0 atom stereocenters. The first kappa shape index (κ1) is 14.1. The maximum absolute atomic E-state index is 5.61. The molecule has 0 saturated heterocycles. The summed E-state index contributed by atoms with van der Waals surface area (Å²) in [5, 5.41) is 0. The summed E-state index contributed by atoms with van der Waals surface area (Å²) in [7, 11) is 0. The maximum Gasteiger partial charge on any atom is 0.0351 e. The molecule has 0 bridgehead atoms. The molecule has 0 aromatic heterocycles. The van der Waals surface area contributed by atoms with E-state index in [2.05, 4.69) is 18.7 Å². The van der Waals surface area contributed by atoms with Crippen LogP contribution in [0.3, 0.4) is 0 Å². The van der Waals surface area contributed by atoms with Crippen LogP contribution in [-0.2, 0) is 0 Å². The fourth-order valence-corrected chi connectivity index (χ4v) is 1.17. The molecular weight excluding hydrogens is 181 g/mol. The number of hydrogen-bond acceptors (Lipinski definition) is 1. The molecule has 0 heterocycles. The molecule has 0 N–H and O–H groups in total. The summed E-state index contributed by atoms with van der Waals surface area (Å²) in [5.41, 5.74) is 0. The molecular formula is C8H19Cl2N. The van der Waals surface area contributed by atoms with Crippen LogP contribution >= 0.6 is 24.0 Å². The Labute approximate surface area is 81.5 Å². The van der Waals surface area contributed by atoms with E-state index in [1.54, 1.807) is 0 Å². The van der Waals surface area contributed by atoms with Gasteiger partial charge in [-0.05, 0) is 19.5 Å². The van der Waals surface area contributed by atoms with Crippen LogP contribution in [0.4, 0.5) is 0 Å². The van der Waals surface area contributed by atoms with Crippen molar-refractivity contribution >= 4 is 24.0 Å². The van der Waals surface area contributed by atoms with E-state index >= 15 is 0 Å². The standard InChI is InChI=1S/C8H18ClN.ClH/c1-3-5-7-10(4-2)8-6-9;/h3-8H2,1-2H3;1H. The van der Waals surface area contributed by atoms with Crippen molar-refractivity contribution in [3.05, 3.63) is 0 Å². The summed E-state index contributed by atoms with van der Waals surface area (Å²) in [6, 6.07) is 0. The number of unbranched alkanes of at least 4 members (excludes halogenated alkanes) is 1. The van der Waals surface area contributed by atoms with E-state index in [1.807, 2.05) is 0 Å². The second-order valence-corrected chi connectivity index (χ2v) is 2.85. The zero-order valence-corrected chi connectivity index (χ0v) is 9.05. The monoisotopic (exact) mass is 199 g/mol. The van der Waals surface area contributed by atoms with E-state index in [-0.39, 0.29) is 12.4 Å². The minimum Gasteiger partial charge on any atom is -0.302 e. The predicted molar refractivity (Wildman–Crippen MR) is 55.0 cm³/mol. The van der Waals surface area contributed by atoms with E-state index in [0.29, 0.717) is 0 Å². The van der Waals surface area contributed by atoms with Gasteiger partial charge in [-0.25, -0.2) is 0 Å². The Bertz CT molecular complexity index is 69.1. The van der Waals surface area contributed by atoms with Gasteiger partial charge in [-0.15, -0.1) is 24.0 Å². The first-order valence-electron chi connectivity index (χ1n) is 4.13. The quantitative estimate of drug-likeness (QED) is 0.596. The second kappa shape index (κ2) is 10.5. The van der Waals surface area contributed by atoms with Crippen LogP contribution in [0.15, 0.2) is 0 Å². The molecule has 11 heavy (non-hydrogen) atoms. The topological polar surface area (TPSA) is 3.24 Å². The van der Waals surface area contributed by atoms with E-state index in [4.69, 9.17) is 11.6 Å². The Morgan fingerprint density at radius 2 is 1.82 bits per heavy atom. The largest absolute Gasteiger partial charge is 0.302 e. The number of rotatable bonds is 6. The van der Waals surface area contributed by atoms with Crippen molar-refractivity contribution in [1.29, 1.82) is 0 Å². The molecule has 0 radical (unpaired) electrons. The lowest BCUT2D eigenvalue weighted by Crippen LogP contribution is -2.26. The Kier molecular flexibility index (Phi) is 13.5. The third-order valence-electron chi connectivity index (χ3n) is 1.68. The third-order valence-corrected chi connectivity index (χ3v) is 1.84. The van der Waals surface area contributed by atoms with Crippen LogP contribution in [-0.4, -0.2) is 30.4 Å². The Morgan fingerprint density at radius 3 is 2.18 bits per heavy atom. The highest BCUT2D eigenvalue weighted by molar-refractivity contribution is 6.18. The van der Waals surface area contributed by atoms with Gasteiger partial charge in [0.15, 0.2) is 0 Å². The minimum absolute atomic E-state index is 0. The second-order valence-electron chi connectivity index (χ2n) is 2.48. The highest BCUT2D eigenvalue weighted by Gasteiger charge is 1.97. The first-order chi connectivity index (χ1) is 4.85. The molecule has 3 heteroatoms. The van der Waals surface area contributed by atoms with Gasteiger partial charge < -0.3 is 4.90 Å². The molecule has 1 nitrogen and oxygen atoms in total. The van der Waals surface area contributed by atoms with Gasteiger partial charge in [0, 0.05) is 12.4 Å². The van der Waals surface area contributed by atoms with Crippen LogP contribution in [0, 0.1) is 0 Å². The van der Waals surface area contributed by atoms with Gasteiger partial charge >= 0.3 is 0 Å². The SMILES string of the molecule is CCCCN(CC)CCCl.Cl. The molecule has 0 aromatic carbocycles.